The number of aliphatic imine (C=N–C) groups is 1. The molecule has 0 bridgehead atoms. The molecule has 0 aliphatic heterocycles. The van der Waals surface area contributed by atoms with Crippen LogP contribution in [-0.4, -0.2) is 22.4 Å². The Morgan fingerprint density at radius 3 is 2.48 bits per heavy atom. The smallest absolute Gasteiger partial charge is 0.219 e. The number of nitrogens with one attached hydrogen (secondary N) is 2. The van der Waals surface area contributed by atoms with Crippen molar-refractivity contribution in [2.75, 3.05) is 6.61 Å². The molecule has 6 nitrogen and oxygen atoms in total. The molecule has 1 aromatic rings. The minimum atomic E-state index is 0.462. The summed E-state index contributed by atoms with van der Waals surface area (Å²) < 4.78 is 5.49. The Morgan fingerprint density at radius 1 is 1.22 bits per heavy atom. The van der Waals surface area contributed by atoms with Crippen LogP contribution in [0.2, 0.25) is 0 Å². The summed E-state index contributed by atoms with van der Waals surface area (Å²) in [5.41, 5.74) is 7.49. The Hall–Kier alpha value is -3.15. The molecule has 0 saturated heterocycles. The Balaban J connectivity index is 0.00000326. The number of hydrazine groups is 1. The highest BCUT2D eigenvalue weighted by atomic mass is 16.5. The van der Waals surface area contributed by atoms with Gasteiger partial charge in [-0.1, -0.05) is 57.9 Å². The van der Waals surface area contributed by atoms with Crippen molar-refractivity contribution in [2.45, 2.75) is 34.6 Å². The molecule has 146 valence electrons. The predicted octanol–water partition coefficient (Wildman–Crippen LogP) is 4.89. The van der Waals surface area contributed by atoms with Gasteiger partial charge in [-0.05, 0) is 32.4 Å². The molecule has 0 atom stereocenters. The zero-order chi connectivity index (χ0) is 20.7. The van der Waals surface area contributed by atoms with Gasteiger partial charge in [0.15, 0.2) is 11.6 Å². The first-order chi connectivity index (χ1) is 13.0. The molecule has 1 heterocycles. The van der Waals surface area contributed by atoms with Gasteiger partial charge in [0.2, 0.25) is 5.88 Å². The number of hydrogen-bond donors (Lipinski definition) is 2. The van der Waals surface area contributed by atoms with E-state index in [0.717, 1.165) is 11.3 Å². The second-order valence-corrected chi connectivity index (χ2v) is 5.02. The van der Waals surface area contributed by atoms with Gasteiger partial charge in [-0.25, -0.2) is 9.98 Å². The van der Waals surface area contributed by atoms with Gasteiger partial charge < -0.3 is 10.2 Å². The fraction of sp³-hybridized carbons (Fsp3) is 0.286. The van der Waals surface area contributed by atoms with Crippen LogP contribution in [0.1, 0.15) is 40.4 Å². The Morgan fingerprint density at radius 2 is 1.93 bits per heavy atom. The lowest BCUT2D eigenvalue weighted by Crippen LogP contribution is -2.33. The summed E-state index contributed by atoms with van der Waals surface area (Å²) in [5, 5.41) is 0. The zero-order valence-corrected chi connectivity index (χ0v) is 17.0. The van der Waals surface area contributed by atoms with Crippen molar-refractivity contribution < 1.29 is 4.74 Å². The number of amidine groups is 1. The van der Waals surface area contributed by atoms with Crippen molar-refractivity contribution in [3.05, 3.63) is 67.2 Å². The summed E-state index contributed by atoms with van der Waals surface area (Å²) in [7, 11) is 0. The van der Waals surface area contributed by atoms with Crippen LogP contribution in [0, 0.1) is 0 Å². The summed E-state index contributed by atoms with van der Waals surface area (Å²) in [4.78, 5) is 13.2. The van der Waals surface area contributed by atoms with E-state index in [1.54, 1.807) is 24.3 Å². The topological polar surface area (TPSA) is 71.4 Å². The van der Waals surface area contributed by atoms with E-state index in [9.17, 15) is 0 Å². The Bertz CT molecular complexity index is 717. The average Bonchev–Trinajstić information content (AvgIpc) is 2.65. The predicted molar refractivity (Wildman–Crippen MR) is 116 cm³/mol. The van der Waals surface area contributed by atoms with Crippen molar-refractivity contribution in [1.82, 2.24) is 20.8 Å². The SMILES string of the molecule is C=C/C=C(C=C)/C=C/c1nc(/N=C(\C)NNC(=C)C)cc(OCC)n1.CC. The lowest BCUT2D eigenvalue weighted by atomic mass is 10.2. The molecule has 0 spiro atoms. The van der Waals surface area contributed by atoms with Gasteiger partial charge in [-0.2, -0.15) is 4.98 Å². The molecule has 0 radical (unpaired) electrons. The number of ether oxygens (including phenoxy) is 1. The molecule has 0 aromatic carbocycles. The fourth-order valence-corrected chi connectivity index (χ4v) is 1.68. The lowest BCUT2D eigenvalue weighted by molar-refractivity contribution is 0.326. The van der Waals surface area contributed by atoms with E-state index < -0.39 is 0 Å². The van der Waals surface area contributed by atoms with Crippen LogP contribution < -0.4 is 15.6 Å². The van der Waals surface area contributed by atoms with E-state index in [2.05, 4.69) is 45.5 Å². The fourth-order valence-electron chi connectivity index (χ4n) is 1.68. The highest BCUT2D eigenvalue weighted by Crippen LogP contribution is 2.17. The molecule has 0 fully saturated rings. The van der Waals surface area contributed by atoms with Gasteiger partial charge in [-0.3, -0.25) is 5.43 Å². The van der Waals surface area contributed by atoms with Gasteiger partial charge in [0.1, 0.15) is 5.84 Å². The Labute approximate surface area is 163 Å². The van der Waals surface area contributed by atoms with Crippen molar-refractivity contribution in [3.63, 3.8) is 0 Å². The molecule has 0 unspecified atom stereocenters. The lowest BCUT2D eigenvalue weighted by Gasteiger charge is -2.08. The maximum atomic E-state index is 5.49. The zero-order valence-electron chi connectivity index (χ0n) is 17.0. The molecule has 27 heavy (non-hydrogen) atoms. The summed E-state index contributed by atoms with van der Waals surface area (Å²) in [6, 6.07) is 1.68. The van der Waals surface area contributed by atoms with Crippen LogP contribution in [0.15, 0.2) is 66.4 Å². The van der Waals surface area contributed by atoms with Crippen LogP contribution in [-0.2, 0) is 0 Å². The van der Waals surface area contributed by atoms with Gasteiger partial charge >= 0.3 is 0 Å². The number of aromatic nitrogens is 2. The first-order valence-electron chi connectivity index (χ1n) is 8.86. The minimum Gasteiger partial charge on any atom is -0.478 e. The van der Waals surface area contributed by atoms with Gasteiger partial charge in [0.05, 0.1) is 6.61 Å². The normalized spacial score (nSPS) is 11.3. The number of nitrogens with zero attached hydrogens (tertiary/aromatic N) is 3. The molecule has 2 N–H and O–H groups in total. The monoisotopic (exact) mass is 369 g/mol. The van der Waals surface area contributed by atoms with E-state index in [0.29, 0.717) is 30.0 Å². The van der Waals surface area contributed by atoms with Crippen LogP contribution in [0.4, 0.5) is 5.82 Å². The second kappa shape index (κ2) is 14.1. The average molecular weight is 370 g/mol. The van der Waals surface area contributed by atoms with Gasteiger partial charge in [-0.15, -0.1) is 0 Å². The molecule has 1 aromatic heterocycles. The van der Waals surface area contributed by atoms with Crippen molar-refractivity contribution in [1.29, 1.82) is 0 Å². The number of hydrogen-bond acceptors (Lipinski definition) is 5. The molecular weight excluding hydrogens is 338 g/mol. The molecule has 0 amide bonds. The third-order valence-electron chi connectivity index (χ3n) is 2.71. The summed E-state index contributed by atoms with van der Waals surface area (Å²) in [5.74, 6) is 2.07. The van der Waals surface area contributed by atoms with E-state index in [1.807, 2.05) is 46.8 Å². The number of rotatable bonds is 9. The minimum absolute atomic E-state index is 0.462. The Kier molecular flexibility index (Phi) is 12.4. The summed E-state index contributed by atoms with van der Waals surface area (Å²) in [6.45, 7) is 21.2. The maximum Gasteiger partial charge on any atom is 0.219 e. The van der Waals surface area contributed by atoms with E-state index in [-0.39, 0.29) is 0 Å². The summed E-state index contributed by atoms with van der Waals surface area (Å²) in [6.07, 6.45) is 8.87. The van der Waals surface area contributed by atoms with Crippen LogP contribution in [0.5, 0.6) is 5.88 Å². The molecule has 0 aliphatic rings. The highest BCUT2D eigenvalue weighted by molar-refractivity contribution is 5.81. The molecule has 0 aliphatic carbocycles. The van der Waals surface area contributed by atoms with E-state index >= 15 is 0 Å². The maximum absolute atomic E-state index is 5.49. The van der Waals surface area contributed by atoms with Crippen molar-refractivity contribution >= 4 is 17.7 Å². The van der Waals surface area contributed by atoms with Crippen LogP contribution in [0.25, 0.3) is 6.08 Å². The van der Waals surface area contributed by atoms with Crippen LogP contribution in [0.3, 0.4) is 0 Å². The molecule has 6 heteroatoms. The second-order valence-electron chi connectivity index (χ2n) is 5.02. The van der Waals surface area contributed by atoms with Crippen molar-refractivity contribution in [3.8, 4) is 5.88 Å². The largest absolute Gasteiger partial charge is 0.478 e. The van der Waals surface area contributed by atoms with Gasteiger partial charge in [0.25, 0.3) is 0 Å². The molecule has 1 rings (SSSR count). The third kappa shape index (κ3) is 10.4. The quantitative estimate of drug-likeness (QED) is 0.281. The number of allylic oxidation sites excluding steroid dienone is 6. The first-order valence-corrected chi connectivity index (χ1v) is 8.86. The summed E-state index contributed by atoms with van der Waals surface area (Å²) >= 11 is 0. The molecular formula is C21H31N5O. The van der Waals surface area contributed by atoms with Crippen molar-refractivity contribution in [2.24, 2.45) is 4.99 Å². The van der Waals surface area contributed by atoms with Crippen LogP contribution >= 0.6 is 0 Å². The standard InChI is InChI=1S/C19H25N5O.C2H6/c1-7-10-16(8-2)11-12-17-21-18(13-19(22-17)25-9-3)20-15(6)24-23-14(4)5;1-2/h7-8,10-13,23H,1-2,4,9H2,3,5-6H3,(H,20,21,22,24);1-2H3/b12-11+,16-10+;. The molecule has 0 saturated carbocycles. The van der Waals surface area contributed by atoms with Gasteiger partial charge in [0, 0.05) is 11.8 Å². The van der Waals surface area contributed by atoms with E-state index in [1.165, 1.54) is 0 Å². The first kappa shape index (κ1) is 23.9. The van der Waals surface area contributed by atoms with E-state index in [4.69, 9.17) is 4.74 Å². The third-order valence-corrected chi connectivity index (χ3v) is 2.71. The highest BCUT2D eigenvalue weighted by Gasteiger charge is 2.04.